The second-order valence-corrected chi connectivity index (χ2v) is 7.58. The van der Waals surface area contributed by atoms with E-state index in [1.165, 1.54) is 10.9 Å². The summed E-state index contributed by atoms with van der Waals surface area (Å²) in [7, 11) is 0. The molecule has 0 fully saturated rings. The highest BCUT2D eigenvalue weighted by Gasteiger charge is 2.23. The largest absolute Gasteiger partial charge is 0.346 e. The zero-order valence-electron chi connectivity index (χ0n) is 17.1. The number of hydrogen-bond acceptors (Lipinski definition) is 4. The number of imidazole rings is 1. The molecule has 7 heteroatoms. The Morgan fingerprint density at radius 2 is 1.87 bits per heavy atom. The highest BCUT2D eigenvalue weighted by Crippen LogP contribution is 2.24. The van der Waals surface area contributed by atoms with Gasteiger partial charge in [-0.05, 0) is 30.2 Å². The molecule has 0 aliphatic heterocycles. The minimum atomic E-state index is -0.221. The molecule has 0 aliphatic carbocycles. The van der Waals surface area contributed by atoms with Crippen LogP contribution >= 0.6 is 0 Å². The Kier molecular flexibility index (Phi) is 5.61. The van der Waals surface area contributed by atoms with Gasteiger partial charge in [0.25, 0.3) is 5.56 Å². The Labute approximate surface area is 174 Å². The van der Waals surface area contributed by atoms with Crippen molar-refractivity contribution in [1.29, 1.82) is 0 Å². The number of para-hydroxylation sites is 3. The average molecular weight is 403 g/mol. The fourth-order valence-corrected chi connectivity index (χ4v) is 3.57. The van der Waals surface area contributed by atoms with E-state index in [1.54, 1.807) is 12.1 Å². The van der Waals surface area contributed by atoms with Crippen molar-refractivity contribution in [2.45, 2.75) is 39.3 Å². The van der Waals surface area contributed by atoms with E-state index in [-0.39, 0.29) is 36.4 Å². The molecule has 0 saturated heterocycles. The van der Waals surface area contributed by atoms with Crippen molar-refractivity contribution >= 4 is 27.8 Å². The van der Waals surface area contributed by atoms with Gasteiger partial charge in [0.05, 0.1) is 34.3 Å². The fourth-order valence-electron chi connectivity index (χ4n) is 3.57. The third-order valence-corrected chi connectivity index (χ3v) is 5.54. The molecule has 1 amide bonds. The molecule has 154 valence electrons. The van der Waals surface area contributed by atoms with Gasteiger partial charge in [0.2, 0.25) is 5.91 Å². The van der Waals surface area contributed by atoms with Crippen LogP contribution in [0.15, 0.2) is 59.7 Å². The van der Waals surface area contributed by atoms with E-state index in [2.05, 4.69) is 34.1 Å². The molecule has 4 rings (SSSR count). The number of benzene rings is 2. The molecule has 0 radical (unpaired) electrons. The molecule has 0 saturated carbocycles. The molecule has 2 aromatic heterocycles. The van der Waals surface area contributed by atoms with Gasteiger partial charge in [0, 0.05) is 13.0 Å². The van der Waals surface area contributed by atoms with Crippen molar-refractivity contribution in [3.8, 4) is 0 Å². The molecule has 2 heterocycles. The zero-order chi connectivity index (χ0) is 21.1. The number of carbonyl (C=O) groups excluding carboxylic acids is 1. The minimum absolute atomic E-state index is 0.124. The van der Waals surface area contributed by atoms with Crippen molar-refractivity contribution in [2.75, 3.05) is 0 Å². The van der Waals surface area contributed by atoms with Gasteiger partial charge in [-0.1, -0.05) is 44.5 Å². The molecular weight excluding hydrogens is 378 g/mol. The average Bonchev–Trinajstić information content (AvgIpc) is 3.20. The summed E-state index contributed by atoms with van der Waals surface area (Å²) >= 11 is 0. The first-order chi connectivity index (χ1) is 14.6. The van der Waals surface area contributed by atoms with Crippen LogP contribution < -0.4 is 10.9 Å². The summed E-state index contributed by atoms with van der Waals surface area (Å²) in [6.45, 7) is 4.46. The maximum atomic E-state index is 12.7. The Bertz CT molecular complexity index is 1210. The lowest BCUT2D eigenvalue weighted by atomic mass is 9.98. The number of H-pyrrole nitrogens is 1. The lowest BCUT2D eigenvalue weighted by Crippen LogP contribution is -2.34. The van der Waals surface area contributed by atoms with E-state index in [1.807, 2.05) is 36.4 Å². The van der Waals surface area contributed by atoms with Crippen LogP contribution in [0.25, 0.3) is 21.9 Å². The maximum absolute atomic E-state index is 12.7. The lowest BCUT2D eigenvalue weighted by Gasteiger charge is -2.22. The summed E-state index contributed by atoms with van der Waals surface area (Å²) < 4.78 is 1.49. The smallest absolute Gasteiger partial charge is 0.261 e. The van der Waals surface area contributed by atoms with Crippen LogP contribution in [0.1, 0.15) is 38.6 Å². The van der Waals surface area contributed by atoms with Gasteiger partial charge < -0.3 is 10.3 Å². The SMILES string of the molecule is CC[C@H](C)[C@H](NC(=O)CCn1cnc2ccccc2c1=O)c1nc2ccccc2[nH]1. The highest BCUT2D eigenvalue weighted by atomic mass is 16.2. The molecule has 0 bridgehead atoms. The van der Waals surface area contributed by atoms with Gasteiger partial charge >= 0.3 is 0 Å². The number of aryl methyl sites for hydroxylation is 1. The Morgan fingerprint density at radius 3 is 2.63 bits per heavy atom. The van der Waals surface area contributed by atoms with Gasteiger partial charge in [-0.25, -0.2) is 9.97 Å². The molecule has 4 aromatic rings. The Balaban J connectivity index is 1.49. The fraction of sp³-hybridized carbons (Fsp3) is 0.304. The first-order valence-corrected chi connectivity index (χ1v) is 10.2. The van der Waals surface area contributed by atoms with Gasteiger partial charge in [-0.3, -0.25) is 14.2 Å². The normalized spacial score (nSPS) is 13.4. The van der Waals surface area contributed by atoms with E-state index >= 15 is 0 Å². The summed E-state index contributed by atoms with van der Waals surface area (Å²) in [4.78, 5) is 37.6. The zero-order valence-corrected chi connectivity index (χ0v) is 17.1. The van der Waals surface area contributed by atoms with Crippen molar-refractivity contribution in [1.82, 2.24) is 24.8 Å². The van der Waals surface area contributed by atoms with Crippen molar-refractivity contribution in [3.05, 3.63) is 71.0 Å². The van der Waals surface area contributed by atoms with Crippen LogP contribution in [0.2, 0.25) is 0 Å². The van der Waals surface area contributed by atoms with Gasteiger partial charge in [0.15, 0.2) is 0 Å². The maximum Gasteiger partial charge on any atom is 0.261 e. The van der Waals surface area contributed by atoms with Gasteiger partial charge in [0.1, 0.15) is 5.82 Å². The van der Waals surface area contributed by atoms with Crippen LogP contribution in [0, 0.1) is 5.92 Å². The molecular formula is C23H25N5O2. The predicted molar refractivity (Wildman–Crippen MR) is 117 cm³/mol. The summed E-state index contributed by atoms with van der Waals surface area (Å²) in [6, 6.07) is 14.8. The third kappa shape index (κ3) is 3.96. The van der Waals surface area contributed by atoms with Crippen LogP contribution in [0.4, 0.5) is 0 Å². The number of carbonyl (C=O) groups is 1. The summed E-state index contributed by atoms with van der Waals surface area (Å²) in [6.07, 6.45) is 2.59. The van der Waals surface area contributed by atoms with Crippen molar-refractivity contribution < 1.29 is 4.79 Å². The Morgan fingerprint density at radius 1 is 1.13 bits per heavy atom. The van der Waals surface area contributed by atoms with Crippen LogP contribution in [-0.4, -0.2) is 25.4 Å². The standard InChI is InChI=1S/C23H25N5O2/c1-3-15(2)21(22-25-18-10-6-7-11-19(18)26-22)27-20(29)12-13-28-14-24-17-9-5-4-8-16(17)23(28)30/h4-11,14-15,21H,3,12-13H2,1-2H3,(H,25,26)(H,27,29)/t15-,21-/m0/s1. The van der Waals surface area contributed by atoms with E-state index in [0.717, 1.165) is 23.3 Å². The van der Waals surface area contributed by atoms with Crippen molar-refractivity contribution in [3.63, 3.8) is 0 Å². The highest BCUT2D eigenvalue weighted by molar-refractivity contribution is 5.78. The second kappa shape index (κ2) is 8.49. The molecule has 2 atom stereocenters. The monoisotopic (exact) mass is 403 g/mol. The van der Waals surface area contributed by atoms with E-state index in [9.17, 15) is 9.59 Å². The van der Waals surface area contributed by atoms with E-state index in [0.29, 0.717) is 10.9 Å². The number of fused-ring (bicyclic) bond motifs is 2. The number of rotatable bonds is 7. The minimum Gasteiger partial charge on any atom is -0.346 e. The molecule has 7 nitrogen and oxygen atoms in total. The first kappa shape index (κ1) is 19.8. The molecule has 0 unspecified atom stereocenters. The van der Waals surface area contributed by atoms with E-state index in [4.69, 9.17) is 0 Å². The number of nitrogens with one attached hydrogen (secondary N) is 2. The molecule has 2 aromatic carbocycles. The van der Waals surface area contributed by atoms with Gasteiger partial charge in [-0.15, -0.1) is 0 Å². The topological polar surface area (TPSA) is 92.7 Å². The Hall–Kier alpha value is -3.48. The molecule has 30 heavy (non-hydrogen) atoms. The number of aromatic nitrogens is 4. The second-order valence-electron chi connectivity index (χ2n) is 7.58. The van der Waals surface area contributed by atoms with Crippen LogP contribution in [0.3, 0.4) is 0 Å². The van der Waals surface area contributed by atoms with Gasteiger partial charge in [-0.2, -0.15) is 0 Å². The van der Waals surface area contributed by atoms with Crippen molar-refractivity contribution in [2.24, 2.45) is 5.92 Å². The van der Waals surface area contributed by atoms with Crippen LogP contribution in [0.5, 0.6) is 0 Å². The number of hydrogen-bond donors (Lipinski definition) is 2. The molecule has 0 aliphatic rings. The molecule has 2 N–H and O–H groups in total. The van der Waals surface area contributed by atoms with Crippen LogP contribution in [-0.2, 0) is 11.3 Å². The first-order valence-electron chi connectivity index (χ1n) is 10.2. The predicted octanol–water partition coefficient (Wildman–Crippen LogP) is 3.57. The molecule has 0 spiro atoms. The summed E-state index contributed by atoms with van der Waals surface area (Å²) in [5.41, 5.74) is 2.35. The quantitative estimate of drug-likeness (QED) is 0.493. The number of amides is 1. The van der Waals surface area contributed by atoms with E-state index < -0.39 is 0 Å². The number of nitrogens with zero attached hydrogens (tertiary/aromatic N) is 3. The third-order valence-electron chi connectivity index (χ3n) is 5.54. The summed E-state index contributed by atoms with van der Waals surface area (Å²) in [5, 5.41) is 3.66. The lowest BCUT2D eigenvalue weighted by molar-refractivity contribution is -0.122. The summed E-state index contributed by atoms with van der Waals surface area (Å²) in [5.74, 6) is 0.837. The number of aromatic amines is 1.